The van der Waals surface area contributed by atoms with Crippen molar-refractivity contribution in [2.75, 3.05) is 25.9 Å². The van der Waals surface area contributed by atoms with Crippen molar-refractivity contribution >= 4 is 15.9 Å². The molecule has 0 fully saturated rings. The van der Waals surface area contributed by atoms with Crippen LogP contribution in [-0.2, 0) is 14.8 Å². The van der Waals surface area contributed by atoms with Crippen molar-refractivity contribution in [1.82, 2.24) is 9.62 Å². The van der Waals surface area contributed by atoms with Gasteiger partial charge < -0.3 is 4.90 Å². The van der Waals surface area contributed by atoms with Gasteiger partial charge in [0.05, 0.1) is 12.8 Å². The van der Waals surface area contributed by atoms with Crippen LogP contribution in [0.15, 0.2) is 30.3 Å². The Morgan fingerprint density at radius 3 is 2.48 bits per heavy atom. The minimum atomic E-state index is -3.27. The van der Waals surface area contributed by atoms with E-state index in [0.29, 0.717) is 19.0 Å². The maximum atomic E-state index is 12.2. The van der Waals surface area contributed by atoms with E-state index in [2.05, 4.69) is 16.6 Å². The highest BCUT2D eigenvalue weighted by Gasteiger charge is 2.14. The third-order valence-electron chi connectivity index (χ3n) is 2.92. The summed E-state index contributed by atoms with van der Waals surface area (Å²) < 4.78 is 24.4. The van der Waals surface area contributed by atoms with Crippen molar-refractivity contribution in [3.8, 4) is 11.8 Å². The fraction of sp³-hybridized carbons (Fsp3) is 0.471. The molecule has 1 amide bonds. The highest BCUT2D eigenvalue weighted by atomic mass is 32.2. The number of hydrogen-bond acceptors (Lipinski definition) is 3. The highest BCUT2D eigenvalue weighted by molar-refractivity contribution is 7.88. The zero-order chi connectivity index (χ0) is 17.3. The summed E-state index contributed by atoms with van der Waals surface area (Å²) in [4.78, 5) is 13.9. The molecular formula is C17H24N2O3S. The molecule has 1 aromatic rings. The Kier molecular flexibility index (Phi) is 7.79. The summed E-state index contributed by atoms with van der Waals surface area (Å²) in [5, 5.41) is 0. The topological polar surface area (TPSA) is 66.5 Å². The first-order valence-electron chi connectivity index (χ1n) is 7.54. The molecule has 0 atom stereocenters. The van der Waals surface area contributed by atoms with Crippen molar-refractivity contribution in [1.29, 1.82) is 0 Å². The van der Waals surface area contributed by atoms with Gasteiger partial charge in [0.1, 0.15) is 0 Å². The number of hydrogen-bond donors (Lipinski definition) is 1. The molecule has 5 nitrogen and oxygen atoms in total. The second-order valence-corrected chi connectivity index (χ2v) is 7.59. The molecule has 0 unspecified atom stereocenters. The molecule has 1 N–H and O–H groups in total. The number of benzene rings is 1. The molecule has 0 spiro atoms. The fourth-order valence-corrected chi connectivity index (χ4v) is 2.43. The number of amides is 1. The third-order valence-corrected chi connectivity index (χ3v) is 3.65. The Morgan fingerprint density at radius 2 is 1.91 bits per heavy atom. The van der Waals surface area contributed by atoms with Crippen LogP contribution < -0.4 is 4.72 Å². The third kappa shape index (κ3) is 9.01. The van der Waals surface area contributed by atoms with Gasteiger partial charge in [0.15, 0.2) is 0 Å². The van der Waals surface area contributed by atoms with Crippen molar-refractivity contribution in [2.24, 2.45) is 5.92 Å². The van der Waals surface area contributed by atoms with E-state index >= 15 is 0 Å². The van der Waals surface area contributed by atoms with Crippen molar-refractivity contribution in [2.45, 2.75) is 20.3 Å². The van der Waals surface area contributed by atoms with Crippen molar-refractivity contribution < 1.29 is 13.2 Å². The van der Waals surface area contributed by atoms with Gasteiger partial charge in [-0.05, 0) is 18.1 Å². The molecule has 0 aromatic heterocycles. The summed E-state index contributed by atoms with van der Waals surface area (Å²) in [5.41, 5.74) is 0.906. The monoisotopic (exact) mass is 336 g/mol. The normalized spacial score (nSPS) is 11.0. The average molecular weight is 336 g/mol. The fourth-order valence-electron chi connectivity index (χ4n) is 1.96. The largest absolute Gasteiger partial charge is 0.331 e. The van der Waals surface area contributed by atoms with Crippen LogP contribution in [0.3, 0.4) is 0 Å². The lowest BCUT2D eigenvalue weighted by molar-refractivity contribution is -0.130. The number of nitrogens with one attached hydrogen (secondary N) is 1. The van der Waals surface area contributed by atoms with Crippen LogP contribution in [0.5, 0.6) is 0 Å². The number of nitrogens with zero attached hydrogens (tertiary/aromatic N) is 1. The molecular weight excluding hydrogens is 312 g/mol. The summed E-state index contributed by atoms with van der Waals surface area (Å²) in [6.45, 7) is 5.10. The van der Waals surface area contributed by atoms with Gasteiger partial charge >= 0.3 is 0 Å². The van der Waals surface area contributed by atoms with E-state index in [1.807, 2.05) is 44.2 Å². The summed E-state index contributed by atoms with van der Waals surface area (Å²) in [5.74, 6) is 6.26. The lowest BCUT2D eigenvalue weighted by Gasteiger charge is -2.22. The Labute approximate surface area is 139 Å². The van der Waals surface area contributed by atoms with Crippen LogP contribution in [0.4, 0.5) is 0 Å². The number of sulfonamides is 1. The molecule has 0 aliphatic carbocycles. The molecule has 0 aliphatic heterocycles. The Balaban J connectivity index is 2.61. The predicted octanol–water partition coefficient (Wildman–Crippen LogP) is 1.46. The number of rotatable bonds is 7. The van der Waals surface area contributed by atoms with Gasteiger partial charge in [-0.25, -0.2) is 13.1 Å². The van der Waals surface area contributed by atoms with Crippen LogP contribution in [0, 0.1) is 17.8 Å². The molecule has 126 valence electrons. The molecule has 0 bridgehead atoms. The van der Waals surface area contributed by atoms with Crippen LogP contribution in [-0.4, -0.2) is 45.1 Å². The summed E-state index contributed by atoms with van der Waals surface area (Å²) in [7, 11) is -3.27. The molecule has 1 rings (SSSR count). The molecule has 6 heteroatoms. The quantitative estimate of drug-likeness (QED) is 0.767. The maximum absolute atomic E-state index is 12.2. The SMILES string of the molecule is CC(C)CN(CC#Cc1ccccc1)C(=O)CCNS(C)(=O)=O. The van der Waals surface area contributed by atoms with E-state index in [4.69, 9.17) is 0 Å². The zero-order valence-corrected chi connectivity index (χ0v) is 14.7. The lowest BCUT2D eigenvalue weighted by atomic mass is 10.2. The summed E-state index contributed by atoms with van der Waals surface area (Å²) in [6.07, 6.45) is 1.21. The van der Waals surface area contributed by atoms with E-state index < -0.39 is 10.0 Å². The average Bonchev–Trinajstić information content (AvgIpc) is 2.45. The second-order valence-electron chi connectivity index (χ2n) is 5.75. The predicted molar refractivity (Wildman–Crippen MR) is 92.2 cm³/mol. The van der Waals surface area contributed by atoms with Crippen LogP contribution >= 0.6 is 0 Å². The van der Waals surface area contributed by atoms with E-state index in [1.54, 1.807) is 4.90 Å². The van der Waals surface area contributed by atoms with Crippen LogP contribution in [0.1, 0.15) is 25.8 Å². The van der Waals surface area contributed by atoms with Gasteiger partial charge in [0.2, 0.25) is 15.9 Å². The van der Waals surface area contributed by atoms with Crippen molar-refractivity contribution in [3.63, 3.8) is 0 Å². The molecule has 0 saturated carbocycles. The molecule has 0 heterocycles. The molecule has 0 radical (unpaired) electrons. The van der Waals surface area contributed by atoms with Crippen molar-refractivity contribution in [3.05, 3.63) is 35.9 Å². The first-order valence-corrected chi connectivity index (χ1v) is 9.43. The van der Waals surface area contributed by atoms with Crippen LogP contribution in [0.25, 0.3) is 0 Å². The van der Waals surface area contributed by atoms with Gasteiger partial charge in [0, 0.05) is 25.1 Å². The number of carbonyl (C=O) groups is 1. The second kappa shape index (κ2) is 9.33. The van der Waals surface area contributed by atoms with E-state index in [9.17, 15) is 13.2 Å². The molecule has 0 aliphatic rings. The lowest BCUT2D eigenvalue weighted by Crippen LogP contribution is -2.37. The number of carbonyl (C=O) groups excluding carboxylic acids is 1. The van der Waals surface area contributed by atoms with Gasteiger partial charge in [-0.3, -0.25) is 4.79 Å². The van der Waals surface area contributed by atoms with E-state index in [1.165, 1.54) is 0 Å². The maximum Gasteiger partial charge on any atom is 0.224 e. The van der Waals surface area contributed by atoms with Gasteiger partial charge in [-0.15, -0.1) is 0 Å². The zero-order valence-electron chi connectivity index (χ0n) is 13.9. The van der Waals surface area contributed by atoms with E-state index in [0.717, 1.165) is 11.8 Å². The highest BCUT2D eigenvalue weighted by Crippen LogP contribution is 2.02. The Hall–Kier alpha value is -1.84. The first-order chi connectivity index (χ1) is 10.8. The van der Waals surface area contributed by atoms with Gasteiger partial charge in [0.25, 0.3) is 0 Å². The summed E-state index contributed by atoms with van der Waals surface area (Å²) in [6, 6.07) is 9.58. The first kappa shape index (κ1) is 19.2. The molecule has 23 heavy (non-hydrogen) atoms. The Morgan fingerprint density at radius 1 is 1.26 bits per heavy atom. The van der Waals surface area contributed by atoms with Crippen LogP contribution in [0.2, 0.25) is 0 Å². The summed E-state index contributed by atoms with van der Waals surface area (Å²) >= 11 is 0. The van der Waals surface area contributed by atoms with Gasteiger partial charge in [-0.1, -0.05) is 43.9 Å². The minimum Gasteiger partial charge on any atom is -0.331 e. The minimum absolute atomic E-state index is 0.0998. The molecule has 0 saturated heterocycles. The Bertz CT molecular complexity index is 658. The van der Waals surface area contributed by atoms with E-state index in [-0.39, 0.29) is 18.9 Å². The smallest absolute Gasteiger partial charge is 0.224 e. The standard InChI is InChI=1S/C17H24N2O3S/c1-15(2)14-19(17(20)11-12-18-23(3,21)22)13-7-10-16-8-5-4-6-9-16/h4-6,8-9,15,18H,11-14H2,1-3H3. The molecule has 1 aromatic carbocycles. The van der Waals surface area contributed by atoms with Gasteiger partial charge in [-0.2, -0.15) is 0 Å².